The molecule has 0 unspecified atom stereocenters. The van der Waals surface area contributed by atoms with Crippen LogP contribution in [0.25, 0.3) is 10.9 Å². The van der Waals surface area contributed by atoms with E-state index in [2.05, 4.69) is 20.9 Å². The van der Waals surface area contributed by atoms with E-state index < -0.39 is 0 Å². The Hall–Kier alpha value is -1.65. The minimum Gasteiger partial charge on any atom is -0.298 e. The summed E-state index contributed by atoms with van der Waals surface area (Å²) < 4.78 is 1.03. The van der Waals surface area contributed by atoms with Crippen molar-refractivity contribution in [1.82, 2.24) is 4.98 Å². The quantitative estimate of drug-likeness (QED) is 0.629. The van der Waals surface area contributed by atoms with Crippen molar-refractivity contribution in [3.63, 3.8) is 0 Å². The van der Waals surface area contributed by atoms with Gasteiger partial charge in [0.15, 0.2) is 6.29 Å². The zero-order chi connectivity index (χ0) is 13.9. The van der Waals surface area contributed by atoms with Crippen LogP contribution in [0.2, 0.25) is 0 Å². The van der Waals surface area contributed by atoms with Crippen LogP contribution < -0.4 is 0 Å². The van der Waals surface area contributed by atoms with Crippen LogP contribution in [-0.4, -0.2) is 11.3 Å². The van der Waals surface area contributed by atoms with Gasteiger partial charge in [0, 0.05) is 20.3 Å². The monoisotopic (exact) mass is 343 g/mol. The molecule has 0 bridgehead atoms. The highest BCUT2D eigenvalue weighted by atomic mass is 79.9. The highest BCUT2D eigenvalue weighted by Crippen LogP contribution is 2.31. The molecule has 0 atom stereocenters. The summed E-state index contributed by atoms with van der Waals surface area (Å²) in [4.78, 5) is 16.9. The predicted octanol–water partition coefficient (Wildman–Crippen LogP) is 4.96. The largest absolute Gasteiger partial charge is 0.298 e. The molecule has 0 aliphatic carbocycles. The topological polar surface area (TPSA) is 30.0 Å². The minimum atomic E-state index is 0.622. The fourth-order valence-corrected chi connectivity index (χ4v) is 3.02. The Balaban J connectivity index is 2.05. The number of nitrogens with zero attached hydrogens (tertiary/aromatic N) is 1. The van der Waals surface area contributed by atoms with E-state index in [-0.39, 0.29) is 0 Å². The van der Waals surface area contributed by atoms with Gasteiger partial charge in [-0.2, -0.15) is 0 Å². The molecule has 0 radical (unpaired) electrons. The first-order valence-electron chi connectivity index (χ1n) is 6.04. The molecule has 1 heterocycles. The molecule has 3 rings (SSSR count). The molecule has 0 saturated carbocycles. The van der Waals surface area contributed by atoms with Crippen molar-refractivity contribution in [2.75, 3.05) is 0 Å². The maximum Gasteiger partial charge on any atom is 0.152 e. The molecule has 20 heavy (non-hydrogen) atoms. The van der Waals surface area contributed by atoms with Crippen molar-refractivity contribution in [3.05, 3.63) is 64.6 Å². The zero-order valence-electron chi connectivity index (χ0n) is 10.4. The smallest absolute Gasteiger partial charge is 0.152 e. The van der Waals surface area contributed by atoms with Gasteiger partial charge in [-0.05, 0) is 36.4 Å². The summed E-state index contributed by atoms with van der Waals surface area (Å²) in [6.07, 6.45) is 0.862. The first kappa shape index (κ1) is 13.3. The Morgan fingerprint density at radius 1 is 1.05 bits per heavy atom. The number of aromatic nitrogens is 1. The summed E-state index contributed by atoms with van der Waals surface area (Å²) in [5, 5.41) is 1.72. The molecule has 1 aromatic heterocycles. The third-order valence-corrected chi connectivity index (χ3v) is 4.43. The highest BCUT2D eigenvalue weighted by molar-refractivity contribution is 9.10. The van der Waals surface area contributed by atoms with E-state index in [0.717, 1.165) is 31.6 Å². The molecule has 2 nitrogen and oxygen atoms in total. The van der Waals surface area contributed by atoms with E-state index in [0.29, 0.717) is 5.56 Å². The van der Waals surface area contributed by atoms with Gasteiger partial charge >= 0.3 is 0 Å². The lowest BCUT2D eigenvalue weighted by atomic mass is 10.2. The third kappa shape index (κ3) is 2.76. The molecule has 0 fully saturated rings. The maximum atomic E-state index is 11.3. The second-order valence-corrected chi connectivity index (χ2v) is 6.23. The SMILES string of the molecule is O=Cc1cc2ccccc2nc1Sc1ccc(Br)cc1. The summed E-state index contributed by atoms with van der Waals surface area (Å²) in [6, 6.07) is 17.6. The molecule has 0 aliphatic heterocycles. The normalized spacial score (nSPS) is 10.7. The van der Waals surface area contributed by atoms with Gasteiger partial charge in [-0.15, -0.1) is 0 Å². The second kappa shape index (κ2) is 5.77. The molecule has 0 aliphatic rings. The number of hydrogen-bond donors (Lipinski definition) is 0. The van der Waals surface area contributed by atoms with Crippen molar-refractivity contribution in [2.24, 2.45) is 0 Å². The van der Waals surface area contributed by atoms with Crippen molar-refractivity contribution in [3.8, 4) is 0 Å². The van der Waals surface area contributed by atoms with Crippen LogP contribution in [0.15, 0.2) is 69.0 Å². The number of benzene rings is 2. The molecule has 3 aromatic rings. The molecule has 0 spiro atoms. The summed E-state index contributed by atoms with van der Waals surface area (Å²) in [6.45, 7) is 0. The average molecular weight is 344 g/mol. The van der Waals surface area contributed by atoms with E-state index in [9.17, 15) is 4.79 Å². The zero-order valence-corrected chi connectivity index (χ0v) is 12.8. The van der Waals surface area contributed by atoms with E-state index in [1.54, 1.807) is 0 Å². The van der Waals surface area contributed by atoms with Crippen LogP contribution in [0.4, 0.5) is 0 Å². The maximum absolute atomic E-state index is 11.3. The van der Waals surface area contributed by atoms with Crippen molar-refractivity contribution >= 4 is 44.9 Å². The van der Waals surface area contributed by atoms with Gasteiger partial charge < -0.3 is 0 Å². The molecule has 0 amide bonds. The highest BCUT2D eigenvalue weighted by Gasteiger charge is 2.08. The number of carbonyl (C=O) groups excluding carboxylic acids is 1. The third-order valence-electron chi connectivity index (χ3n) is 2.87. The lowest BCUT2D eigenvalue weighted by molar-refractivity contribution is 0.112. The molecule has 2 aromatic carbocycles. The van der Waals surface area contributed by atoms with Crippen molar-refractivity contribution in [2.45, 2.75) is 9.92 Å². The first-order chi connectivity index (χ1) is 9.76. The van der Waals surface area contributed by atoms with Crippen molar-refractivity contribution in [1.29, 1.82) is 0 Å². The van der Waals surface area contributed by atoms with Gasteiger partial charge in [-0.1, -0.05) is 45.9 Å². The minimum absolute atomic E-state index is 0.622. The van der Waals surface area contributed by atoms with Gasteiger partial charge in [0.25, 0.3) is 0 Å². The Morgan fingerprint density at radius 3 is 2.55 bits per heavy atom. The van der Waals surface area contributed by atoms with Crippen LogP contribution in [-0.2, 0) is 0 Å². The molecular formula is C16H10BrNOS. The van der Waals surface area contributed by atoms with Crippen LogP contribution in [0, 0.1) is 0 Å². The van der Waals surface area contributed by atoms with Crippen LogP contribution in [0.1, 0.15) is 10.4 Å². The Bertz CT molecular complexity index is 771. The summed E-state index contributed by atoms with van der Waals surface area (Å²) in [5.41, 5.74) is 1.52. The van der Waals surface area contributed by atoms with Gasteiger partial charge in [-0.25, -0.2) is 4.98 Å². The van der Waals surface area contributed by atoms with E-state index in [4.69, 9.17) is 0 Å². The number of fused-ring (bicyclic) bond motifs is 1. The van der Waals surface area contributed by atoms with Crippen molar-refractivity contribution < 1.29 is 4.79 Å². The van der Waals surface area contributed by atoms with Crippen LogP contribution >= 0.6 is 27.7 Å². The number of pyridine rings is 1. The molecular weight excluding hydrogens is 334 g/mol. The molecule has 0 N–H and O–H groups in total. The van der Waals surface area contributed by atoms with E-state index in [1.165, 1.54) is 11.8 Å². The lowest BCUT2D eigenvalue weighted by Crippen LogP contribution is -1.91. The number of rotatable bonds is 3. The lowest BCUT2D eigenvalue weighted by Gasteiger charge is -2.06. The summed E-state index contributed by atoms with van der Waals surface area (Å²) in [7, 11) is 0. The Morgan fingerprint density at radius 2 is 1.80 bits per heavy atom. The Labute approximate surface area is 129 Å². The number of carbonyl (C=O) groups is 1. The predicted molar refractivity (Wildman–Crippen MR) is 85.4 cm³/mol. The number of para-hydroxylation sites is 1. The molecule has 0 saturated heterocycles. The summed E-state index contributed by atoms with van der Waals surface area (Å²) in [5.74, 6) is 0. The van der Waals surface area contributed by atoms with Gasteiger partial charge in [-0.3, -0.25) is 4.79 Å². The standard InChI is InChI=1S/C16H10BrNOS/c17-13-5-7-14(8-6-13)20-16-12(10-19)9-11-3-1-2-4-15(11)18-16/h1-10H. The number of hydrogen-bond acceptors (Lipinski definition) is 3. The van der Waals surface area contributed by atoms with Gasteiger partial charge in [0.1, 0.15) is 5.03 Å². The molecule has 98 valence electrons. The summed E-state index contributed by atoms with van der Waals surface area (Å²) >= 11 is 4.91. The van der Waals surface area contributed by atoms with Gasteiger partial charge in [0.2, 0.25) is 0 Å². The van der Waals surface area contributed by atoms with E-state index in [1.807, 2.05) is 54.6 Å². The second-order valence-electron chi connectivity index (χ2n) is 4.25. The molecule has 4 heteroatoms. The fraction of sp³-hybridized carbons (Fsp3) is 0. The number of aldehydes is 1. The van der Waals surface area contributed by atoms with Crippen LogP contribution in [0.3, 0.4) is 0 Å². The van der Waals surface area contributed by atoms with Gasteiger partial charge in [0.05, 0.1) is 5.52 Å². The fourth-order valence-electron chi connectivity index (χ4n) is 1.90. The average Bonchev–Trinajstić information content (AvgIpc) is 2.49. The number of halogens is 1. The first-order valence-corrected chi connectivity index (χ1v) is 7.65. The van der Waals surface area contributed by atoms with Crippen LogP contribution in [0.5, 0.6) is 0 Å². The van der Waals surface area contributed by atoms with E-state index >= 15 is 0 Å². The Kier molecular flexibility index (Phi) is 3.85.